The van der Waals surface area contributed by atoms with Gasteiger partial charge in [0.2, 0.25) is 0 Å². The molecule has 0 aliphatic carbocycles. The van der Waals surface area contributed by atoms with Gasteiger partial charge in [0, 0.05) is 31.8 Å². The Morgan fingerprint density at radius 2 is 1.87 bits per heavy atom. The lowest BCUT2D eigenvalue weighted by Gasteiger charge is -2.41. The first kappa shape index (κ1) is 22.4. The number of nitrogens with one attached hydrogen (secondary N) is 2. The van der Waals surface area contributed by atoms with E-state index in [2.05, 4.69) is 73.0 Å². The standard InChI is InChI=1S/C24H36N4O2/c1-4-25-23(27-19-24(28(2)3)12-16-29-17-13-24)26-14-7-15-30-22-11-10-20-8-5-6-9-21(20)18-22/h5-6,8-11,18H,4,7,12-17,19H2,1-3H3,(H2,25,26,27). The van der Waals surface area contributed by atoms with E-state index in [1.807, 2.05) is 6.07 Å². The minimum absolute atomic E-state index is 0.0831. The van der Waals surface area contributed by atoms with Crippen LogP contribution in [0.2, 0.25) is 0 Å². The fourth-order valence-corrected chi connectivity index (χ4v) is 3.79. The van der Waals surface area contributed by atoms with Crippen LogP contribution in [0.4, 0.5) is 0 Å². The molecule has 2 N–H and O–H groups in total. The Balaban J connectivity index is 1.46. The van der Waals surface area contributed by atoms with Crippen molar-refractivity contribution in [3.8, 4) is 5.75 Å². The molecule has 2 aromatic rings. The van der Waals surface area contributed by atoms with E-state index in [1.165, 1.54) is 10.8 Å². The summed E-state index contributed by atoms with van der Waals surface area (Å²) in [6.07, 6.45) is 2.94. The largest absolute Gasteiger partial charge is 0.494 e. The van der Waals surface area contributed by atoms with Crippen molar-refractivity contribution in [3.05, 3.63) is 42.5 Å². The van der Waals surface area contributed by atoms with Crippen molar-refractivity contribution in [1.82, 2.24) is 15.5 Å². The Hall–Kier alpha value is -2.31. The van der Waals surface area contributed by atoms with Crippen LogP contribution in [-0.2, 0) is 4.74 Å². The predicted molar refractivity (Wildman–Crippen MR) is 125 cm³/mol. The van der Waals surface area contributed by atoms with Gasteiger partial charge in [-0.15, -0.1) is 0 Å². The second-order valence-electron chi connectivity index (χ2n) is 8.06. The highest BCUT2D eigenvalue weighted by atomic mass is 16.5. The molecular formula is C24H36N4O2. The van der Waals surface area contributed by atoms with Crippen LogP contribution < -0.4 is 15.4 Å². The zero-order chi connectivity index (χ0) is 21.2. The highest BCUT2D eigenvalue weighted by molar-refractivity contribution is 5.83. The van der Waals surface area contributed by atoms with E-state index < -0.39 is 0 Å². The van der Waals surface area contributed by atoms with E-state index in [0.717, 1.165) is 63.8 Å². The van der Waals surface area contributed by atoms with Gasteiger partial charge < -0.3 is 25.0 Å². The lowest BCUT2D eigenvalue weighted by molar-refractivity contribution is -0.00254. The fourth-order valence-electron chi connectivity index (χ4n) is 3.79. The number of benzene rings is 2. The van der Waals surface area contributed by atoms with E-state index in [9.17, 15) is 0 Å². The molecule has 1 heterocycles. The van der Waals surface area contributed by atoms with Crippen molar-refractivity contribution < 1.29 is 9.47 Å². The molecule has 0 spiro atoms. The molecule has 3 rings (SSSR count). The minimum atomic E-state index is 0.0831. The Morgan fingerprint density at radius 3 is 2.60 bits per heavy atom. The summed E-state index contributed by atoms with van der Waals surface area (Å²) >= 11 is 0. The molecule has 164 valence electrons. The molecule has 0 aromatic heterocycles. The molecular weight excluding hydrogens is 376 g/mol. The van der Waals surface area contributed by atoms with Gasteiger partial charge in [-0.25, -0.2) is 0 Å². The lowest BCUT2D eigenvalue weighted by Crippen LogP contribution is -2.51. The molecule has 6 nitrogen and oxygen atoms in total. The van der Waals surface area contributed by atoms with Gasteiger partial charge in [-0.2, -0.15) is 0 Å². The third kappa shape index (κ3) is 6.09. The number of guanidine groups is 1. The predicted octanol–water partition coefficient (Wildman–Crippen LogP) is 3.27. The maximum atomic E-state index is 5.94. The maximum absolute atomic E-state index is 5.94. The third-order valence-corrected chi connectivity index (χ3v) is 5.85. The minimum Gasteiger partial charge on any atom is -0.494 e. The first-order valence-electron chi connectivity index (χ1n) is 11.0. The van der Waals surface area contributed by atoms with Crippen molar-refractivity contribution in [2.75, 3.05) is 53.6 Å². The number of nitrogens with zero attached hydrogens (tertiary/aromatic N) is 2. The topological polar surface area (TPSA) is 58.1 Å². The molecule has 1 aliphatic rings. The molecule has 6 heteroatoms. The van der Waals surface area contributed by atoms with E-state index >= 15 is 0 Å². The van der Waals surface area contributed by atoms with Gasteiger partial charge in [0.15, 0.2) is 5.96 Å². The van der Waals surface area contributed by atoms with Crippen LogP contribution >= 0.6 is 0 Å². The molecule has 0 unspecified atom stereocenters. The van der Waals surface area contributed by atoms with Crippen molar-refractivity contribution in [3.63, 3.8) is 0 Å². The zero-order valence-electron chi connectivity index (χ0n) is 18.6. The van der Waals surface area contributed by atoms with E-state index in [0.29, 0.717) is 6.61 Å². The summed E-state index contributed by atoms with van der Waals surface area (Å²) < 4.78 is 11.5. The van der Waals surface area contributed by atoms with Crippen molar-refractivity contribution in [2.24, 2.45) is 4.99 Å². The molecule has 0 atom stereocenters. The molecule has 2 aromatic carbocycles. The highest BCUT2D eigenvalue weighted by Crippen LogP contribution is 2.26. The van der Waals surface area contributed by atoms with Gasteiger partial charge in [0.05, 0.1) is 13.2 Å². The van der Waals surface area contributed by atoms with Gasteiger partial charge in [-0.3, -0.25) is 4.99 Å². The smallest absolute Gasteiger partial charge is 0.191 e. The summed E-state index contributed by atoms with van der Waals surface area (Å²) in [5.74, 6) is 1.79. The monoisotopic (exact) mass is 412 g/mol. The number of hydrogen-bond donors (Lipinski definition) is 2. The average molecular weight is 413 g/mol. The van der Waals surface area contributed by atoms with Crippen LogP contribution in [-0.4, -0.2) is 69.9 Å². The summed E-state index contributed by atoms with van der Waals surface area (Å²) in [6, 6.07) is 14.6. The second-order valence-corrected chi connectivity index (χ2v) is 8.06. The molecule has 0 saturated carbocycles. The molecule has 0 bridgehead atoms. The lowest BCUT2D eigenvalue weighted by atomic mass is 9.89. The van der Waals surface area contributed by atoms with Crippen molar-refractivity contribution in [2.45, 2.75) is 31.7 Å². The SMILES string of the molecule is CCNC(=NCC1(N(C)C)CCOCC1)NCCCOc1ccc2ccccc2c1. The maximum Gasteiger partial charge on any atom is 0.191 e. The number of ether oxygens (including phenoxy) is 2. The van der Waals surface area contributed by atoms with E-state index in [1.54, 1.807) is 0 Å². The first-order chi connectivity index (χ1) is 14.6. The first-order valence-corrected chi connectivity index (χ1v) is 11.0. The summed E-state index contributed by atoms with van der Waals surface area (Å²) in [7, 11) is 4.29. The Morgan fingerprint density at radius 1 is 1.10 bits per heavy atom. The second kappa shape index (κ2) is 11.2. The summed E-state index contributed by atoms with van der Waals surface area (Å²) in [6.45, 7) is 6.81. The third-order valence-electron chi connectivity index (χ3n) is 5.85. The molecule has 30 heavy (non-hydrogen) atoms. The van der Waals surface area contributed by atoms with Gasteiger partial charge >= 0.3 is 0 Å². The van der Waals surface area contributed by atoms with Gasteiger partial charge in [0.1, 0.15) is 5.75 Å². The normalized spacial score (nSPS) is 16.6. The van der Waals surface area contributed by atoms with E-state index in [4.69, 9.17) is 14.5 Å². The summed E-state index contributed by atoms with van der Waals surface area (Å²) in [5, 5.41) is 9.24. The molecule has 0 radical (unpaired) electrons. The molecule has 1 fully saturated rings. The van der Waals surface area contributed by atoms with Gasteiger partial charge in [-0.05, 0) is 63.2 Å². The van der Waals surface area contributed by atoms with Crippen LogP contribution in [0.15, 0.2) is 47.5 Å². The van der Waals surface area contributed by atoms with E-state index in [-0.39, 0.29) is 5.54 Å². The quantitative estimate of drug-likeness (QED) is 0.376. The Labute approximate surface area is 180 Å². The number of hydrogen-bond acceptors (Lipinski definition) is 4. The van der Waals surface area contributed by atoms with Crippen LogP contribution in [0, 0.1) is 0 Å². The summed E-state index contributed by atoms with van der Waals surface area (Å²) in [4.78, 5) is 7.18. The van der Waals surface area contributed by atoms with Gasteiger partial charge in [0.25, 0.3) is 0 Å². The summed E-state index contributed by atoms with van der Waals surface area (Å²) in [5.41, 5.74) is 0.0831. The van der Waals surface area contributed by atoms with Crippen molar-refractivity contribution >= 4 is 16.7 Å². The molecule has 1 saturated heterocycles. The van der Waals surface area contributed by atoms with Crippen LogP contribution in [0.1, 0.15) is 26.2 Å². The van der Waals surface area contributed by atoms with Crippen LogP contribution in [0.5, 0.6) is 5.75 Å². The number of fused-ring (bicyclic) bond motifs is 1. The Bertz CT molecular complexity index is 816. The number of aliphatic imine (C=N–C) groups is 1. The number of likely N-dealkylation sites (N-methyl/N-ethyl adjacent to an activating group) is 1. The fraction of sp³-hybridized carbons (Fsp3) is 0.542. The average Bonchev–Trinajstić information content (AvgIpc) is 2.77. The van der Waals surface area contributed by atoms with Crippen LogP contribution in [0.25, 0.3) is 10.8 Å². The molecule has 0 amide bonds. The highest BCUT2D eigenvalue weighted by Gasteiger charge is 2.34. The zero-order valence-corrected chi connectivity index (χ0v) is 18.6. The van der Waals surface area contributed by atoms with Crippen LogP contribution in [0.3, 0.4) is 0 Å². The van der Waals surface area contributed by atoms with Crippen molar-refractivity contribution in [1.29, 1.82) is 0 Å². The molecule has 1 aliphatic heterocycles. The van der Waals surface area contributed by atoms with Gasteiger partial charge in [-0.1, -0.05) is 30.3 Å². The number of rotatable bonds is 9. The Kier molecular flexibility index (Phi) is 8.34.